The Labute approximate surface area is 167 Å². The van der Waals surface area contributed by atoms with Gasteiger partial charge in [0.2, 0.25) is 0 Å². The summed E-state index contributed by atoms with van der Waals surface area (Å²) in [6.45, 7) is 3.68. The van der Waals surface area contributed by atoms with Crippen molar-refractivity contribution >= 4 is 22.5 Å². The Morgan fingerprint density at radius 3 is 2.24 bits per heavy atom. The lowest BCUT2D eigenvalue weighted by molar-refractivity contribution is 0.0972. The Morgan fingerprint density at radius 1 is 0.897 bits per heavy atom. The fourth-order valence-electron chi connectivity index (χ4n) is 3.59. The fraction of sp³-hybridized carbons (Fsp3) is 0.0400. The number of aromatic nitrogens is 1. The Morgan fingerprint density at radius 2 is 1.55 bits per heavy atom. The smallest absolute Gasteiger partial charge is 0.188 e. The van der Waals surface area contributed by atoms with Gasteiger partial charge < -0.3 is 4.57 Å². The first-order chi connectivity index (χ1) is 14.1. The molecule has 0 aliphatic rings. The highest BCUT2D eigenvalue weighted by Gasteiger charge is 2.23. The monoisotopic (exact) mass is 383 g/mol. The second kappa shape index (κ2) is 7.68. The molecule has 0 bridgehead atoms. The van der Waals surface area contributed by atoms with Crippen molar-refractivity contribution in [3.05, 3.63) is 108 Å². The Hall–Kier alpha value is -3.79. The van der Waals surface area contributed by atoms with Crippen LogP contribution in [-0.4, -0.2) is 16.1 Å². The van der Waals surface area contributed by atoms with Gasteiger partial charge in [0.25, 0.3) is 0 Å². The molecule has 3 aromatic carbocycles. The summed E-state index contributed by atoms with van der Waals surface area (Å²) in [5, 5.41) is 0.734. The van der Waals surface area contributed by atoms with Gasteiger partial charge >= 0.3 is 0 Å². The molecule has 0 amide bonds. The Bertz CT molecular complexity index is 1220. The maximum Gasteiger partial charge on any atom is 0.188 e. The van der Waals surface area contributed by atoms with Gasteiger partial charge in [-0.15, -0.1) is 0 Å². The van der Waals surface area contributed by atoms with Crippen molar-refractivity contribution < 1.29 is 14.0 Å². The number of ketones is 2. The lowest BCUT2D eigenvalue weighted by atomic mass is 10.0. The largest absolute Gasteiger partial charge is 0.332 e. The topological polar surface area (TPSA) is 39.1 Å². The molecule has 0 fully saturated rings. The highest BCUT2D eigenvalue weighted by molar-refractivity contribution is 6.18. The van der Waals surface area contributed by atoms with Gasteiger partial charge in [0.15, 0.2) is 11.6 Å². The summed E-state index contributed by atoms with van der Waals surface area (Å²) >= 11 is 0. The lowest BCUT2D eigenvalue weighted by Gasteiger charge is -2.12. The van der Waals surface area contributed by atoms with Crippen LogP contribution in [0.4, 0.5) is 4.39 Å². The number of hydrogen-bond acceptors (Lipinski definition) is 2. The summed E-state index contributed by atoms with van der Waals surface area (Å²) in [7, 11) is 0. The van der Waals surface area contributed by atoms with Crippen LogP contribution in [0.3, 0.4) is 0 Å². The zero-order valence-corrected chi connectivity index (χ0v) is 15.6. The van der Waals surface area contributed by atoms with Gasteiger partial charge in [-0.25, -0.2) is 4.39 Å². The number of allylic oxidation sites excluding steroid dienone is 1. The summed E-state index contributed by atoms with van der Waals surface area (Å²) in [6.07, 6.45) is 1.26. The first-order valence-corrected chi connectivity index (χ1v) is 9.22. The average molecular weight is 383 g/mol. The molecule has 1 heterocycles. The van der Waals surface area contributed by atoms with Crippen LogP contribution in [0.15, 0.2) is 91.5 Å². The number of rotatable bonds is 6. The van der Waals surface area contributed by atoms with Crippen molar-refractivity contribution in [1.82, 2.24) is 4.57 Å². The second-order valence-corrected chi connectivity index (χ2v) is 6.69. The van der Waals surface area contributed by atoms with Crippen LogP contribution in [0.2, 0.25) is 0 Å². The lowest BCUT2D eigenvalue weighted by Crippen LogP contribution is -2.12. The molecule has 0 atom stereocenters. The molecule has 3 nitrogen and oxygen atoms in total. The summed E-state index contributed by atoms with van der Waals surface area (Å²) in [5.41, 5.74) is 3.06. The molecule has 0 saturated heterocycles. The number of carbonyl (C=O) groups is 2. The van der Waals surface area contributed by atoms with E-state index < -0.39 is 0 Å². The van der Waals surface area contributed by atoms with Crippen LogP contribution in [0.25, 0.3) is 22.2 Å². The van der Waals surface area contributed by atoms with Crippen molar-refractivity contribution in [1.29, 1.82) is 0 Å². The zero-order chi connectivity index (χ0) is 20.4. The minimum atomic E-state index is -0.367. The van der Waals surface area contributed by atoms with Crippen LogP contribution in [0.5, 0.6) is 0 Å². The normalized spacial score (nSPS) is 10.8. The summed E-state index contributed by atoms with van der Waals surface area (Å²) in [4.78, 5) is 25.7. The van der Waals surface area contributed by atoms with Gasteiger partial charge in [0.1, 0.15) is 5.82 Å². The van der Waals surface area contributed by atoms with Crippen LogP contribution in [0.1, 0.15) is 20.7 Å². The molecule has 142 valence electrons. The molecule has 4 rings (SSSR count). The fourth-order valence-corrected chi connectivity index (χ4v) is 3.59. The predicted octanol–water partition coefficient (Wildman–Crippen LogP) is 5.70. The zero-order valence-electron chi connectivity index (χ0n) is 15.6. The van der Waals surface area contributed by atoms with Crippen LogP contribution < -0.4 is 0 Å². The first-order valence-electron chi connectivity index (χ1n) is 9.22. The first kappa shape index (κ1) is 18.6. The minimum absolute atomic E-state index is 0.0572. The van der Waals surface area contributed by atoms with Crippen molar-refractivity contribution in [3.8, 4) is 11.3 Å². The molecular formula is C25H18FNO2. The van der Waals surface area contributed by atoms with Gasteiger partial charge in [-0.1, -0.05) is 55.1 Å². The van der Waals surface area contributed by atoms with E-state index in [0.29, 0.717) is 22.4 Å². The molecule has 4 heteroatoms. The number of benzene rings is 3. The van der Waals surface area contributed by atoms with E-state index in [9.17, 15) is 14.0 Å². The molecule has 0 spiro atoms. The van der Waals surface area contributed by atoms with E-state index in [4.69, 9.17) is 0 Å². The van der Waals surface area contributed by atoms with E-state index in [1.54, 1.807) is 24.3 Å². The molecule has 0 saturated carbocycles. The third kappa shape index (κ3) is 3.41. The predicted molar refractivity (Wildman–Crippen MR) is 113 cm³/mol. The number of fused-ring (bicyclic) bond motifs is 1. The van der Waals surface area contributed by atoms with Gasteiger partial charge in [-0.05, 0) is 42.0 Å². The van der Waals surface area contributed by atoms with Crippen LogP contribution in [-0.2, 0) is 6.54 Å². The van der Waals surface area contributed by atoms with E-state index in [1.165, 1.54) is 18.2 Å². The van der Waals surface area contributed by atoms with E-state index in [-0.39, 0.29) is 23.9 Å². The molecule has 4 aromatic rings. The molecule has 0 N–H and O–H groups in total. The molecule has 0 aliphatic heterocycles. The SMILES string of the molecule is C=CC(=O)c1c(-c2ccc(F)cc2)n(CC(=O)c2ccccc2)c2ccccc12. The third-order valence-electron chi connectivity index (χ3n) is 4.92. The van der Waals surface area contributed by atoms with Crippen molar-refractivity contribution in [2.45, 2.75) is 6.54 Å². The summed E-state index contributed by atoms with van der Waals surface area (Å²) in [6, 6.07) is 22.4. The van der Waals surface area contributed by atoms with Gasteiger partial charge in [-0.3, -0.25) is 9.59 Å². The second-order valence-electron chi connectivity index (χ2n) is 6.69. The minimum Gasteiger partial charge on any atom is -0.332 e. The molecule has 0 unspecified atom stereocenters. The van der Waals surface area contributed by atoms with E-state index >= 15 is 0 Å². The molecular weight excluding hydrogens is 365 g/mol. The number of nitrogens with zero attached hydrogens (tertiary/aromatic N) is 1. The summed E-state index contributed by atoms with van der Waals surface area (Å²) in [5.74, 6) is -0.688. The molecule has 0 radical (unpaired) electrons. The van der Waals surface area contributed by atoms with Crippen molar-refractivity contribution in [2.24, 2.45) is 0 Å². The molecule has 1 aromatic heterocycles. The molecule has 0 aliphatic carbocycles. The van der Waals surface area contributed by atoms with E-state index in [1.807, 2.05) is 47.0 Å². The summed E-state index contributed by atoms with van der Waals surface area (Å²) < 4.78 is 15.3. The number of halogens is 1. The van der Waals surface area contributed by atoms with Gasteiger partial charge in [0.05, 0.1) is 17.8 Å². The van der Waals surface area contributed by atoms with Crippen LogP contribution >= 0.6 is 0 Å². The average Bonchev–Trinajstić information content (AvgIpc) is 3.08. The highest BCUT2D eigenvalue weighted by Crippen LogP contribution is 2.35. The molecule has 29 heavy (non-hydrogen) atoms. The Kier molecular flexibility index (Phi) is 4.92. The van der Waals surface area contributed by atoms with Gasteiger partial charge in [-0.2, -0.15) is 0 Å². The Balaban J connectivity index is 1.98. The maximum atomic E-state index is 13.5. The maximum absolute atomic E-state index is 13.5. The highest BCUT2D eigenvalue weighted by atomic mass is 19.1. The number of para-hydroxylation sites is 1. The van der Waals surface area contributed by atoms with E-state index in [0.717, 1.165) is 10.9 Å². The van der Waals surface area contributed by atoms with E-state index in [2.05, 4.69) is 6.58 Å². The standard InChI is InChI=1S/C25H18FNO2/c1-2-22(28)24-20-10-6-7-11-21(20)27(16-23(29)17-8-4-3-5-9-17)25(24)18-12-14-19(26)15-13-18/h2-15H,1,16H2. The van der Waals surface area contributed by atoms with Crippen molar-refractivity contribution in [3.63, 3.8) is 0 Å². The number of Topliss-reactive ketones (excluding diaryl/α,β-unsaturated/α-hetero) is 1. The third-order valence-corrected chi connectivity index (χ3v) is 4.92. The van der Waals surface area contributed by atoms with Crippen LogP contribution in [0, 0.1) is 5.82 Å². The number of carbonyl (C=O) groups excluding carboxylic acids is 2. The van der Waals surface area contributed by atoms with Gasteiger partial charge in [0, 0.05) is 16.5 Å². The number of hydrogen-bond donors (Lipinski definition) is 0. The quantitative estimate of drug-likeness (QED) is 0.316. The van der Waals surface area contributed by atoms with Crippen molar-refractivity contribution in [2.75, 3.05) is 0 Å².